The van der Waals surface area contributed by atoms with Crippen LogP contribution in [0.3, 0.4) is 0 Å². The first-order chi connectivity index (χ1) is 7.22. The van der Waals surface area contributed by atoms with Crippen molar-refractivity contribution in [3.63, 3.8) is 0 Å². The van der Waals surface area contributed by atoms with Crippen LogP contribution in [0.4, 0.5) is 0 Å². The summed E-state index contributed by atoms with van der Waals surface area (Å²) in [5.41, 5.74) is 5.77. The van der Waals surface area contributed by atoms with Crippen LogP contribution in [0.2, 0.25) is 0 Å². The predicted molar refractivity (Wildman–Crippen MR) is 54.3 cm³/mol. The number of carbonyl (C=O) groups is 1. The van der Waals surface area contributed by atoms with Crippen molar-refractivity contribution in [1.82, 2.24) is 9.88 Å². The van der Waals surface area contributed by atoms with Crippen molar-refractivity contribution >= 4 is 5.91 Å². The van der Waals surface area contributed by atoms with Gasteiger partial charge in [-0.25, -0.2) is 0 Å². The van der Waals surface area contributed by atoms with Gasteiger partial charge in [0.05, 0.1) is 11.8 Å². The molecular weight excluding hydrogens is 194 g/mol. The average molecular weight is 207 g/mol. The van der Waals surface area contributed by atoms with Gasteiger partial charge in [-0.2, -0.15) is 0 Å². The molecular formula is C10H13N3O2. The minimum atomic E-state index is -0.153. The van der Waals surface area contributed by atoms with Gasteiger partial charge in [-0.05, 0) is 12.6 Å². The standard InChI is InChI=1S/C10H13N3O2/c11-3-7-5-13(6-7)10(15)8-1-2-12-4-9(8)14/h1-2,4,7,14H,3,5-6,11H2. The van der Waals surface area contributed by atoms with Gasteiger partial charge in [0.15, 0.2) is 0 Å². The molecule has 0 radical (unpaired) electrons. The van der Waals surface area contributed by atoms with E-state index in [1.165, 1.54) is 18.5 Å². The topological polar surface area (TPSA) is 79.5 Å². The molecule has 1 saturated heterocycles. The highest BCUT2D eigenvalue weighted by atomic mass is 16.3. The van der Waals surface area contributed by atoms with E-state index in [-0.39, 0.29) is 11.7 Å². The highest BCUT2D eigenvalue weighted by Gasteiger charge is 2.30. The molecule has 1 aromatic rings. The summed E-state index contributed by atoms with van der Waals surface area (Å²) in [6, 6.07) is 1.52. The van der Waals surface area contributed by atoms with E-state index >= 15 is 0 Å². The van der Waals surface area contributed by atoms with E-state index in [1.54, 1.807) is 4.90 Å². The van der Waals surface area contributed by atoms with Crippen LogP contribution in [0.25, 0.3) is 0 Å². The summed E-state index contributed by atoms with van der Waals surface area (Å²) in [5.74, 6) is 0.177. The summed E-state index contributed by atoms with van der Waals surface area (Å²) in [7, 11) is 0. The van der Waals surface area contributed by atoms with Crippen molar-refractivity contribution in [3.8, 4) is 5.75 Å². The van der Waals surface area contributed by atoms with E-state index in [0.29, 0.717) is 31.1 Å². The van der Waals surface area contributed by atoms with Crippen LogP contribution in [-0.4, -0.2) is 40.5 Å². The Balaban J connectivity index is 2.07. The predicted octanol–water partition coefficient (Wildman–Crippen LogP) is -0.182. The van der Waals surface area contributed by atoms with Gasteiger partial charge >= 0.3 is 0 Å². The van der Waals surface area contributed by atoms with E-state index in [0.717, 1.165) is 0 Å². The summed E-state index contributed by atoms with van der Waals surface area (Å²) in [5, 5.41) is 9.44. The fraction of sp³-hybridized carbons (Fsp3) is 0.400. The van der Waals surface area contributed by atoms with Crippen LogP contribution in [0.15, 0.2) is 18.5 Å². The zero-order chi connectivity index (χ0) is 10.8. The molecule has 1 aliphatic heterocycles. The third-order valence-electron chi connectivity index (χ3n) is 2.61. The van der Waals surface area contributed by atoms with Gasteiger partial charge in [0, 0.05) is 25.2 Å². The van der Waals surface area contributed by atoms with Crippen LogP contribution >= 0.6 is 0 Å². The van der Waals surface area contributed by atoms with E-state index in [4.69, 9.17) is 5.73 Å². The quantitative estimate of drug-likeness (QED) is 0.705. The lowest BCUT2D eigenvalue weighted by atomic mass is 9.99. The maximum Gasteiger partial charge on any atom is 0.257 e. The second kappa shape index (κ2) is 3.86. The van der Waals surface area contributed by atoms with Crippen molar-refractivity contribution in [2.75, 3.05) is 19.6 Å². The first kappa shape index (κ1) is 9.92. The Morgan fingerprint density at radius 2 is 2.40 bits per heavy atom. The fourth-order valence-corrected chi connectivity index (χ4v) is 1.62. The molecule has 1 fully saturated rings. The molecule has 0 saturated carbocycles. The minimum Gasteiger partial charge on any atom is -0.505 e. The van der Waals surface area contributed by atoms with Crippen LogP contribution in [0.1, 0.15) is 10.4 Å². The largest absolute Gasteiger partial charge is 0.505 e. The van der Waals surface area contributed by atoms with Gasteiger partial charge in [-0.3, -0.25) is 9.78 Å². The zero-order valence-corrected chi connectivity index (χ0v) is 8.26. The van der Waals surface area contributed by atoms with Crippen molar-refractivity contribution < 1.29 is 9.90 Å². The van der Waals surface area contributed by atoms with Crippen LogP contribution in [0, 0.1) is 5.92 Å². The number of nitrogens with two attached hydrogens (primary N) is 1. The van der Waals surface area contributed by atoms with Gasteiger partial charge in [-0.1, -0.05) is 0 Å². The number of carbonyl (C=O) groups excluding carboxylic acids is 1. The molecule has 5 heteroatoms. The van der Waals surface area contributed by atoms with E-state index < -0.39 is 0 Å². The van der Waals surface area contributed by atoms with Crippen LogP contribution in [0.5, 0.6) is 5.75 Å². The van der Waals surface area contributed by atoms with Crippen molar-refractivity contribution in [2.24, 2.45) is 11.7 Å². The maximum absolute atomic E-state index is 11.8. The monoisotopic (exact) mass is 207 g/mol. The Hall–Kier alpha value is -1.62. The number of aromatic hydroxyl groups is 1. The number of hydrogen-bond acceptors (Lipinski definition) is 4. The highest BCUT2D eigenvalue weighted by molar-refractivity contribution is 5.97. The van der Waals surface area contributed by atoms with Crippen molar-refractivity contribution in [2.45, 2.75) is 0 Å². The number of hydrogen-bond donors (Lipinski definition) is 2. The lowest BCUT2D eigenvalue weighted by Crippen LogP contribution is -2.52. The van der Waals surface area contributed by atoms with Gasteiger partial charge < -0.3 is 15.7 Å². The molecule has 80 valence electrons. The molecule has 0 atom stereocenters. The summed E-state index contributed by atoms with van der Waals surface area (Å²) >= 11 is 0. The lowest BCUT2D eigenvalue weighted by molar-refractivity contribution is 0.0512. The molecule has 0 unspecified atom stereocenters. The second-order valence-corrected chi connectivity index (χ2v) is 3.70. The number of amides is 1. The molecule has 2 heterocycles. The summed E-state index contributed by atoms with van der Waals surface area (Å²) < 4.78 is 0. The smallest absolute Gasteiger partial charge is 0.257 e. The molecule has 0 spiro atoms. The molecule has 1 amide bonds. The third kappa shape index (κ3) is 1.78. The first-order valence-electron chi connectivity index (χ1n) is 4.84. The van der Waals surface area contributed by atoms with Crippen LogP contribution < -0.4 is 5.73 Å². The van der Waals surface area contributed by atoms with Gasteiger partial charge in [0.2, 0.25) is 0 Å². The Kier molecular flexibility index (Phi) is 2.55. The zero-order valence-electron chi connectivity index (χ0n) is 8.26. The van der Waals surface area contributed by atoms with Gasteiger partial charge in [0.25, 0.3) is 5.91 Å². The van der Waals surface area contributed by atoms with Crippen molar-refractivity contribution in [3.05, 3.63) is 24.0 Å². The number of rotatable bonds is 2. The summed E-state index contributed by atoms with van der Waals surface area (Å²) in [4.78, 5) is 17.2. The summed E-state index contributed by atoms with van der Waals surface area (Å²) in [6.07, 6.45) is 2.76. The number of likely N-dealkylation sites (tertiary alicyclic amines) is 1. The maximum atomic E-state index is 11.8. The SMILES string of the molecule is NCC1CN(C(=O)c2ccncc2O)C1. The molecule has 0 aromatic carbocycles. The Morgan fingerprint density at radius 1 is 1.67 bits per heavy atom. The molecule has 3 N–H and O–H groups in total. The Labute approximate surface area is 87.5 Å². The van der Waals surface area contributed by atoms with Gasteiger partial charge in [-0.15, -0.1) is 0 Å². The third-order valence-corrected chi connectivity index (χ3v) is 2.61. The number of pyridine rings is 1. The second-order valence-electron chi connectivity index (χ2n) is 3.70. The average Bonchev–Trinajstić information content (AvgIpc) is 2.16. The number of nitrogens with zero attached hydrogens (tertiary/aromatic N) is 2. The molecule has 1 aromatic heterocycles. The normalized spacial score (nSPS) is 16.2. The fourth-order valence-electron chi connectivity index (χ4n) is 1.62. The molecule has 5 nitrogen and oxygen atoms in total. The lowest BCUT2D eigenvalue weighted by Gasteiger charge is -2.38. The molecule has 1 aliphatic rings. The highest BCUT2D eigenvalue weighted by Crippen LogP contribution is 2.21. The molecule has 15 heavy (non-hydrogen) atoms. The van der Waals surface area contributed by atoms with E-state index in [2.05, 4.69) is 4.98 Å². The van der Waals surface area contributed by atoms with Crippen LogP contribution in [-0.2, 0) is 0 Å². The summed E-state index contributed by atoms with van der Waals surface area (Å²) in [6.45, 7) is 1.96. The number of aromatic nitrogens is 1. The first-order valence-corrected chi connectivity index (χ1v) is 4.84. The van der Waals surface area contributed by atoms with Gasteiger partial charge in [0.1, 0.15) is 5.75 Å². The van der Waals surface area contributed by atoms with E-state index in [9.17, 15) is 9.90 Å². The molecule has 0 bridgehead atoms. The Morgan fingerprint density at radius 3 is 3.00 bits per heavy atom. The molecule has 2 rings (SSSR count). The molecule has 0 aliphatic carbocycles. The Bertz CT molecular complexity index is 375. The van der Waals surface area contributed by atoms with Crippen molar-refractivity contribution in [1.29, 1.82) is 0 Å². The minimum absolute atomic E-state index is 0.0706. The van der Waals surface area contributed by atoms with E-state index in [1.807, 2.05) is 0 Å².